The molecule has 1 atom stereocenters. The average Bonchev–Trinajstić information content (AvgIpc) is 3.03. The maximum atomic E-state index is 13.1. The molecule has 2 aromatic rings. The summed E-state index contributed by atoms with van der Waals surface area (Å²) in [6.45, 7) is 4.57. The molecule has 8 heteroatoms. The Hall–Kier alpha value is -2.58. The Labute approximate surface area is 183 Å². The molecule has 166 valence electrons. The highest BCUT2D eigenvalue weighted by molar-refractivity contribution is 7.89. The number of fused-ring (bicyclic) bond motifs is 1. The van der Waals surface area contributed by atoms with Gasteiger partial charge in [-0.3, -0.25) is 4.79 Å². The van der Waals surface area contributed by atoms with Crippen LogP contribution in [-0.4, -0.2) is 52.1 Å². The summed E-state index contributed by atoms with van der Waals surface area (Å²) in [5, 5.41) is 0. The van der Waals surface area contributed by atoms with Crippen molar-refractivity contribution in [1.29, 1.82) is 0 Å². The highest BCUT2D eigenvalue weighted by Gasteiger charge is 2.27. The normalized spacial score (nSPS) is 19.0. The Morgan fingerprint density at radius 1 is 1.06 bits per heavy atom. The summed E-state index contributed by atoms with van der Waals surface area (Å²) in [6.07, 6.45) is 2.53. The van der Waals surface area contributed by atoms with Gasteiger partial charge < -0.3 is 14.4 Å². The molecule has 2 aliphatic heterocycles. The zero-order valence-corrected chi connectivity index (χ0v) is 18.5. The zero-order valence-electron chi connectivity index (χ0n) is 17.7. The number of piperidine rings is 1. The van der Waals surface area contributed by atoms with E-state index in [0.717, 1.165) is 24.8 Å². The monoisotopic (exact) mass is 444 g/mol. The zero-order chi connectivity index (χ0) is 21.8. The van der Waals surface area contributed by atoms with Gasteiger partial charge in [0.05, 0.1) is 18.1 Å². The second-order valence-electron chi connectivity index (χ2n) is 8.14. The van der Waals surface area contributed by atoms with Gasteiger partial charge in [-0.25, -0.2) is 13.1 Å². The maximum Gasteiger partial charge on any atom is 0.254 e. The molecule has 0 saturated carbocycles. The number of ether oxygens (including phenoxy) is 2. The highest BCUT2D eigenvalue weighted by atomic mass is 32.2. The van der Waals surface area contributed by atoms with E-state index in [2.05, 4.69) is 4.72 Å². The van der Waals surface area contributed by atoms with Gasteiger partial charge in [-0.15, -0.1) is 0 Å². The predicted molar refractivity (Wildman–Crippen MR) is 117 cm³/mol. The number of nitrogens with one attached hydrogen (secondary N) is 1. The van der Waals surface area contributed by atoms with E-state index in [-0.39, 0.29) is 16.7 Å². The summed E-state index contributed by atoms with van der Waals surface area (Å²) in [5.41, 5.74) is 1.57. The number of hydrogen-bond donors (Lipinski definition) is 1. The van der Waals surface area contributed by atoms with Gasteiger partial charge in [-0.05, 0) is 56.0 Å². The van der Waals surface area contributed by atoms with Crippen LogP contribution < -0.4 is 14.2 Å². The number of likely N-dealkylation sites (tertiary alicyclic amines) is 1. The SMILES string of the molecule is Cc1ccc(S(=O)(=O)NCC2CCCN(C(=O)c3ccc4c(c3)OCCCO4)C2)cc1. The van der Waals surface area contributed by atoms with Gasteiger partial charge in [0, 0.05) is 31.6 Å². The van der Waals surface area contributed by atoms with Crippen LogP contribution in [0.15, 0.2) is 47.4 Å². The Kier molecular flexibility index (Phi) is 6.48. The third kappa shape index (κ3) is 5.19. The van der Waals surface area contributed by atoms with Gasteiger partial charge >= 0.3 is 0 Å². The smallest absolute Gasteiger partial charge is 0.254 e. The van der Waals surface area contributed by atoms with E-state index in [9.17, 15) is 13.2 Å². The third-order valence-electron chi connectivity index (χ3n) is 5.69. The molecule has 1 N–H and O–H groups in total. The van der Waals surface area contributed by atoms with Crippen molar-refractivity contribution in [2.45, 2.75) is 31.1 Å². The Morgan fingerprint density at radius 3 is 2.58 bits per heavy atom. The molecule has 0 aliphatic carbocycles. The molecular weight excluding hydrogens is 416 g/mol. The molecule has 1 amide bonds. The van der Waals surface area contributed by atoms with Gasteiger partial charge in [0.1, 0.15) is 0 Å². The molecule has 4 rings (SSSR count). The number of aryl methyl sites for hydroxylation is 1. The summed E-state index contributed by atoms with van der Waals surface area (Å²) in [6, 6.07) is 12.1. The van der Waals surface area contributed by atoms with Crippen molar-refractivity contribution in [2.75, 3.05) is 32.8 Å². The van der Waals surface area contributed by atoms with Gasteiger partial charge in [0.25, 0.3) is 5.91 Å². The fourth-order valence-corrected chi connectivity index (χ4v) is 5.04. The molecule has 1 unspecified atom stereocenters. The highest BCUT2D eigenvalue weighted by Crippen LogP contribution is 2.31. The van der Waals surface area contributed by atoms with Gasteiger partial charge in [-0.2, -0.15) is 0 Å². The Balaban J connectivity index is 1.38. The van der Waals surface area contributed by atoms with Crippen LogP contribution in [-0.2, 0) is 10.0 Å². The van der Waals surface area contributed by atoms with E-state index in [1.165, 1.54) is 0 Å². The molecule has 0 spiro atoms. The molecule has 1 saturated heterocycles. The molecule has 0 aromatic heterocycles. The second kappa shape index (κ2) is 9.28. The largest absolute Gasteiger partial charge is 0.490 e. The minimum absolute atomic E-state index is 0.0678. The first kappa shape index (κ1) is 21.6. The standard InChI is InChI=1S/C23H28N2O5S/c1-17-5-8-20(9-6-17)31(27,28)24-15-18-4-2-11-25(16-18)23(26)19-7-10-21-22(14-19)30-13-3-12-29-21/h5-10,14,18,24H,2-4,11-13,15-16H2,1H3. The first-order valence-corrected chi connectivity index (χ1v) is 12.2. The summed E-state index contributed by atoms with van der Waals surface area (Å²) in [5.74, 6) is 1.26. The van der Waals surface area contributed by atoms with Crippen LogP contribution in [0.3, 0.4) is 0 Å². The second-order valence-corrected chi connectivity index (χ2v) is 9.90. The van der Waals surface area contributed by atoms with Crippen LogP contribution >= 0.6 is 0 Å². The van der Waals surface area contributed by atoms with E-state index in [1.54, 1.807) is 47.4 Å². The molecule has 2 heterocycles. The lowest BCUT2D eigenvalue weighted by Gasteiger charge is -2.33. The van der Waals surface area contributed by atoms with Crippen LogP contribution in [0.1, 0.15) is 35.2 Å². The van der Waals surface area contributed by atoms with Crippen molar-refractivity contribution in [2.24, 2.45) is 5.92 Å². The molecule has 2 aromatic carbocycles. The van der Waals surface area contributed by atoms with Crippen molar-refractivity contribution >= 4 is 15.9 Å². The number of carbonyl (C=O) groups is 1. The minimum Gasteiger partial charge on any atom is -0.490 e. The molecule has 7 nitrogen and oxygen atoms in total. The van der Waals surface area contributed by atoms with E-state index in [1.807, 2.05) is 6.92 Å². The lowest BCUT2D eigenvalue weighted by molar-refractivity contribution is 0.0676. The maximum absolute atomic E-state index is 13.1. The molecule has 2 aliphatic rings. The number of hydrogen-bond acceptors (Lipinski definition) is 5. The molecule has 0 bridgehead atoms. The summed E-state index contributed by atoms with van der Waals surface area (Å²) in [7, 11) is -3.56. The fourth-order valence-electron chi connectivity index (χ4n) is 3.92. The van der Waals surface area contributed by atoms with Crippen LogP contribution in [0, 0.1) is 12.8 Å². The van der Waals surface area contributed by atoms with Gasteiger partial charge in [0.15, 0.2) is 11.5 Å². The van der Waals surface area contributed by atoms with Gasteiger partial charge in [0.2, 0.25) is 10.0 Å². The summed E-state index contributed by atoms with van der Waals surface area (Å²) in [4.78, 5) is 15.1. The number of nitrogens with zero attached hydrogens (tertiary/aromatic N) is 1. The van der Waals surface area contributed by atoms with Crippen LogP contribution in [0.2, 0.25) is 0 Å². The van der Waals surface area contributed by atoms with E-state index in [0.29, 0.717) is 49.9 Å². The van der Waals surface area contributed by atoms with Crippen LogP contribution in [0.5, 0.6) is 11.5 Å². The number of rotatable bonds is 5. The molecule has 31 heavy (non-hydrogen) atoms. The molecular formula is C23H28N2O5S. The van der Waals surface area contributed by atoms with Crippen molar-refractivity contribution in [3.05, 3.63) is 53.6 Å². The van der Waals surface area contributed by atoms with Crippen molar-refractivity contribution in [3.8, 4) is 11.5 Å². The molecule has 1 fully saturated rings. The number of carbonyl (C=O) groups excluding carboxylic acids is 1. The summed E-state index contributed by atoms with van der Waals surface area (Å²) < 4.78 is 39.2. The number of benzene rings is 2. The quantitative estimate of drug-likeness (QED) is 0.766. The van der Waals surface area contributed by atoms with Gasteiger partial charge in [-0.1, -0.05) is 17.7 Å². The van der Waals surface area contributed by atoms with Crippen molar-refractivity contribution < 1.29 is 22.7 Å². The topological polar surface area (TPSA) is 84.9 Å². The average molecular weight is 445 g/mol. The lowest BCUT2D eigenvalue weighted by Crippen LogP contribution is -2.43. The van der Waals surface area contributed by atoms with E-state index >= 15 is 0 Å². The van der Waals surface area contributed by atoms with Crippen molar-refractivity contribution in [3.63, 3.8) is 0 Å². The first-order chi connectivity index (χ1) is 14.9. The van der Waals surface area contributed by atoms with Crippen LogP contribution in [0.25, 0.3) is 0 Å². The first-order valence-electron chi connectivity index (χ1n) is 10.7. The fraction of sp³-hybridized carbons (Fsp3) is 0.435. The van der Waals surface area contributed by atoms with E-state index in [4.69, 9.17) is 9.47 Å². The number of sulfonamides is 1. The summed E-state index contributed by atoms with van der Waals surface area (Å²) >= 11 is 0. The van der Waals surface area contributed by atoms with Crippen molar-refractivity contribution in [1.82, 2.24) is 9.62 Å². The van der Waals surface area contributed by atoms with Crippen LogP contribution in [0.4, 0.5) is 0 Å². The molecule has 0 radical (unpaired) electrons. The number of amides is 1. The lowest BCUT2D eigenvalue weighted by atomic mass is 9.97. The predicted octanol–water partition coefficient (Wildman–Crippen LogP) is 2.99. The Morgan fingerprint density at radius 2 is 1.81 bits per heavy atom. The minimum atomic E-state index is -3.56. The third-order valence-corrected chi connectivity index (χ3v) is 7.13. The Bertz CT molecular complexity index is 1040. The van der Waals surface area contributed by atoms with E-state index < -0.39 is 10.0 Å².